The van der Waals surface area contributed by atoms with Gasteiger partial charge in [-0.1, -0.05) is 50.8 Å². The number of nitrogens with zero attached hydrogens (tertiary/aromatic N) is 7. The molecule has 0 saturated heterocycles. The van der Waals surface area contributed by atoms with Gasteiger partial charge in [0.15, 0.2) is 5.82 Å². The molecule has 56 heavy (non-hydrogen) atoms. The fraction of sp³-hybridized carbons (Fsp3) is 0.317. The van der Waals surface area contributed by atoms with E-state index in [1.807, 2.05) is 72.0 Å². The molecule has 2 aliphatic heterocycles. The number of fused-ring (bicyclic) bond motifs is 4. The molecule has 5 aromatic rings. The first-order valence-corrected chi connectivity index (χ1v) is 20.7. The summed E-state index contributed by atoms with van der Waals surface area (Å²) in [6.45, 7) is 10.7. The highest BCUT2D eigenvalue weighted by atomic mass is 127. The van der Waals surface area contributed by atoms with Gasteiger partial charge in [-0.2, -0.15) is 0 Å². The molecule has 3 N–H and O–H groups in total. The van der Waals surface area contributed by atoms with Crippen LogP contribution in [0.2, 0.25) is 0 Å². The number of benzene rings is 2. The number of carbonyl (C=O) groups is 1. The number of ether oxygens (including phenoxy) is 1. The molecule has 13 nitrogen and oxygen atoms in total. The summed E-state index contributed by atoms with van der Waals surface area (Å²) in [4.78, 5) is 39.5. The number of H-pyrrole nitrogens is 2. The van der Waals surface area contributed by atoms with Crippen molar-refractivity contribution in [1.82, 2.24) is 47.7 Å². The number of amides is 1. The van der Waals surface area contributed by atoms with Gasteiger partial charge in [0.2, 0.25) is 33.6 Å². The average Bonchev–Trinajstić information content (AvgIpc) is 4.01. The summed E-state index contributed by atoms with van der Waals surface area (Å²) in [5, 5.41) is 0. The summed E-state index contributed by atoms with van der Waals surface area (Å²) in [6.07, 6.45) is 12.8. The first kappa shape index (κ1) is 39.0. The van der Waals surface area contributed by atoms with Crippen LogP contribution in [0.5, 0.6) is 5.75 Å². The predicted octanol–water partition coefficient (Wildman–Crippen LogP) is 7.52. The number of rotatable bonds is 16. The fourth-order valence-electron chi connectivity index (χ4n) is 7.29. The Morgan fingerprint density at radius 3 is 2.68 bits per heavy atom. The second-order valence-electron chi connectivity index (χ2n) is 13.9. The van der Waals surface area contributed by atoms with Crippen molar-refractivity contribution in [3.8, 4) is 17.0 Å². The van der Waals surface area contributed by atoms with Gasteiger partial charge in [-0.3, -0.25) is 12.8 Å². The molecule has 2 aliphatic rings. The van der Waals surface area contributed by atoms with Crippen LogP contribution in [0.3, 0.4) is 0 Å². The maximum atomic E-state index is 16.4. The van der Waals surface area contributed by atoms with E-state index < -0.39 is 33.5 Å². The molecule has 1 unspecified atom stereocenters. The van der Waals surface area contributed by atoms with Gasteiger partial charge in [-0.25, -0.2) is 22.9 Å². The lowest BCUT2D eigenvalue weighted by atomic mass is 10.0. The van der Waals surface area contributed by atoms with Crippen LogP contribution in [-0.2, 0) is 28.0 Å². The van der Waals surface area contributed by atoms with Gasteiger partial charge >= 0.3 is 0 Å². The van der Waals surface area contributed by atoms with E-state index in [0.29, 0.717) is 66.0 Å². The van der Waals surface area contributed by atoms with E-state index in [9.17, 15) is 7.86 Å². The third kappa shape index (κ3) is 8.01. The van der Waals surface area contributed by atoms with E-state index in [4.69, 9.17) is 9.72 Å². The van der Waals surface area contributed by atoms with Gasteiger partial charge in [-0.05, 0) is 62.3 Å². The molecule has 292 valence electrons. The lowest BCUT2D eigenvalue weighted by Crippen LogP contribution is -2.36. The Hall–Kier alpha value is -5.26. The molecule has 0 bridgehead atoms. The Morgan fingerprint density at radius 1 is 1.12 bits per heavy atom. The molecular weight excluding hydrogens is 826 g/mol. The average molecular weight is 873 g/mol. The second-order valence-corrected chi connectivity index (χ2v) is 15.1. The van der Waals surface area contributed by atoms with Crippen molar-refractivity contribution < 1.29 is 17.0 Å². The molecule has 3 aromatic heterocycles. The molecule has 1 atom stereocenters. The van der Waals surface area contributed by atoms with Crippen LogP contribution in [0.4, 0.5) is 4.39 Å². The molecule has 0 saturated carbocycles. The molecule has 0 radical (unpaired) electrons. The maximum absolute atomic E-state index is 16.4. The highest BCUT2D eigenvalue weighted by Gasteiger charge is 2.41. The molecule has 0 aliphatic carbocycles. The van der Waals surface area contributed by atoms with Crippen molar-refractivity contribution in [2.24, 2.45) is 7.05 Å². The van der Waals surface area contributed by atoms with Crippen LogP contribution in [0, 0.1) is 5.82 Å². The van der Waals surface area contributed by atoms with Crippen LogP contribution in [0.1, 0.15) is 68.1 Å². The van der Waals surface area contributed by atoms with E-state index in [-0.39, 0.29) is 12.5 Å². The fourth-order valence-corrected chi connectivity index (χ4v) is 7.78. The van der Waals surface area contributed by atoms with E-state index in [0.717, 1.165) is 53.2 Å². The van der Waals surface area contributed by atoms with Crippen molar-refractivity contribution in [1.29, 1.82) is 0 Å². The minimum Gasteiger partial charge on any atom is -0.462 e. The lowest BCUT2D eigenvalue weighted by Gasteiger charge is -2.38. The largest absolute Gasteiger partial charge is 0.462 e. The summed E-state index contributed by atoms with van der Waals surface area (Å²) in [6, 6.07) is 11.3. The summed E-state index contributed by atoms with van der Waals surface area (Å²) < 4.78 is 38.9. The Morgan fingerprint density at radius 2 is 1.91 bits per heavy atom. The summed E-state index contributed by atoms with van der Waals surface area (Å²) >= 11 is -1.43. The molecule has 1 amide bonds. The predicted molar refractivity (Wildman–Crippen MR) is 222 cm³/mol. The lowest BCUT2D eigenvalue weighted by molar-refractivity contribution is -0.130. The number of halogens is 2. The van der Waals surface area contributed by atoms with Crippen LogP contribution in [0.15, 0.2) is 85.4 Å². The van der Waals surface area contributed by atoms with Gasteiger partial charge in [0.1, 0.15) is 23.2 Å². The van der Waals surface area contributed by atoms with Crippen molar-refractivity contribution in [2.45, 2.75) is 52.4 Å². The number of aromatic nitrogens is 6. The maximum Gasteiger partial charge on any atom is 0.237 e. The molecule has 2 aromatic carbocycles. The Bertz CT molecular complexity index is 2360. The SMILES string of the molecule is C=C/C(=C\C=C1/CC=C2c3c(F)cc(-c4cnc(CN(C)CCC)[nH]4)cc3OC(c3nc4ccccc4n3C)N21)c1cnc(CN(CCC)C(=O)CNI=O)[nH]1. The molecule has 7 rings (SSSR count). The zero-order valence-corrected chi connectivity index (χ0v) is 34.1. The number of hydrogen-bond donors (Lipinski definition) is 3. The number of carbonyl (C=O) groups excluding carboxylic acids is 1. The number of aromatic amines is 2. The third-order valence-electron chi connectivity index (χ3n) is 9.94. The minimum atomic E-state index is -1.43. The van der Waals surface area contributed by atoms with Crippen molar-refractivity contribution >= 4 is 49.7 Å². The zero-order chi connectivity index (χ0) is 39.3. The van der Waals surface area contributed by atoms with Gasteiger partial charge in [-0.15, -0.1) is 0 Å². The molecule has 15 heteroatoms. The molecule has 5 heterocycles. The van der Waals surface area contributed by atoms with Crippen LogP contribution < -0.4 is 8.27 Å². The number of nitrogens with one attached hydrogen (secondary N) is 3. The van der Waals surface area contributed by atoms with Crippen LogP contribution >= 0.6 is 21.5 Å². The van der Waals surface area contributed by atoms with E-state index >= 15 is 4.39 Å². The molecule has 0 spiro atoms. The quantitative estimate of drug-likeness (QED) is 0.0522. The normalized spacial score (nSPS) is 16.0. The second kappa shape index (κ2) is 17.3. The highest BCUT2D eigenvalue weighted by Crippen LogP contribution is 2.50. The van der Waals surface area contributed by atoms with E-state index in [1.54, 1.807) is 23.4 Å². The third-order valence-corrected chi connectivity index (χ3v) is 10.6. The monoisotopic (exact) mass is 872 g/mol. The van der Waals surface area contributed by atoms with Crippen molar-refractivity contribution in [3.05, 3.63) is 120 Å². The number of hydrogen-bond acceptors (Lipinski definition) is 8. The summed E-state index contributed by atoms with van der Waals surface area (Å²) in [5.74, 6) is 2.00. The topological polar surface area (TPSA) is 140 Å². The van der Waals surface area contributed by atoms with Crippen LogP contribution in [0.25, 0.3) is 33.6 Å². The first-order valence-electron chi connectivity index (χ1n) is 18.7. The summed E-state index contributed by atoms with van der Waals surface area (Å²) in [5.41, 5.74) is 6.63. The van der Waals surface area contributed by atoms with Gasteiger partial charge in [0.05, 0.1) is 65.7 Å². The summed E-state index contributed by atoms with van der Waals surface area (Å²) in [7, 11) is 4.02. The Kier molecular flexibility index (Phi) is 12.0. The highest BCUT2D eigenvalue weighted by molar-refractivity contribution is 14.1. The number of aryl methyl sites for hydroxylation is 1. The first-order chi connectivity index (χ1) is 27.2. The number of imidazole rings is 3. The van der Waals surface area contributed by atoms with Gasteiger partial charge < -0.3 is 29.1 Å². The standard InChI is InChI=1S/C41H46FIN10O3/c1-6-17-50(4)24-36-44-22-32(48-36)27-19-29(42)39-34-16-15-28(53(34)41(56-35(39)20-27)40-49-30-11-9-10-12-33(30)51(40)5)14-13-26(8-3)31-21-45-37(47-31)25-52(18-7-2)38(54)23-46-43-55/h8-14,16,19-22,41H,3,6-7,15,17-18,23-25H2,1-2,4-5H3,(H,44,48)(H,45,47)(H,46,55)/b26-13+,28-14+. The number of allylic oxidation sites excluding steroid dienone is 5. The van der Waals surface area contributed by atoms with Crippen molar-refractivity contribution in [2.75, 3.05) is 26.7 Å². The molecule has 0 fully saturated rings. The molecular formula is C41H46FIN10O3. The van der Waals surface area contributed by atoms with Crippen LogP contribution in [-0.4, -0.2) is 76.8 Å². The minimum absolute atomic E-state index is 0.0269. The smallest absolute Gasteiger partial charge is 0.237 e. The number of para-hydroxylation sites is 2. The zero-order valence-electron chi connectivity index (χ0n) is 32.0. The van der Waals surface area contributed by atoms with E-state index in [2.05, 4.69) is 48.9 Å². The Balaban J connectivity index is 1.22. The van der Waals surface area contributed by atoms with E-state index in [1.165, 1.54) is 6.07 Å². The van der Waals surface area contributed by atoms with Gasteiger partial charge in [0, 0.05) is 31.3 Å². The van der Waals surface area contributed by atoms with Crippen molar-refractivity contribution in [3.63, 3.8) is 0 Å². The van der Waals surface area contributed by atoms with Gasteiger partial charge in [0.25, 0.3) is 0 Å². The Labute approximate surface area is 336 Å².